The van der Waals surface area contributed by atoms with Gasteiger partial charge in [0.05, 0.1) is 0 Å². The molecule has 1 aliphatic rings. The number of aryl methyl sites for hydroxylation is 1. The van der Waals surface area contributed by atoms with Gasteiger partial charge in [0.15, 0.2) is 5.13 Å². The maximum absolute atomic E-state index is 11.1. The predicted octanol–water partition coefficient (Wildman–Crippen LogP) is 2.24. The highest BCUT2D eigenvalue weighted by Crippen LogP contribution is 2.23. The molecule has 0 spiro atoms. The van der Waals surface area contributed by atoms with Crippen molar-refractivity contribution in [2.75, 3.05) is 18.4 Å². The number of nitrogens with one attached hydrogen (secondary N) is 1. The molecule has 128 valence electrons. The van der Waals surface area contributed by atoms with E-state index in [2.05, 4.69) is 25.2 Å². The topological polar surface area (TPSA) is 80.2 Å². The number of carbonyl (C=O) groups excluding carboxylic acids is 1. The number of piperidine rings is 1. The normalized spacial score (nSPS) is 18.3. The number of thiazole rings is 1. The highest BCUT2D eigenvalue weighted by Gasteiger charge is 2.22. The Hall–Kier alpha value is -2.06. The lowest BCUT2D eigenvalue weighted by atomic mass is 10.1. The number of hydrogen-bond acceptors (Lipinski definition) is 7. The van der Waals surface area contributed by atoms with Crippen LogP contribution < -0.4 is 10.1 Å². The van der Waals surface area contributed by atoms with Gasteiger partial charge in [0.2, 0.25) is 11.8 Å². The zero-order chi connectivity index (χ0) is 16.9. The van der Waals surface area contributed by atoms with Gasteiger partial charge in [-0.3, -0.25) is 9.69 Å². The second-order valence-electron chi connectivity index (χ2n) is 5.93. The molecule has 3 rings (SSSR count). The Balaban J connectivity index is 1.55. The van der Waals surface area contributed by atoms with Gasteiger partial charge in [0.25, 0.3) is 0 Å². The van der Waals surface area contributed by atoms with Gasteiger partial charge in [-0.05, 0) is 26.3 Å². The molecule has 1 aliphatic heterocycles. The van der Waals surface area contributed by atoms with E-state index in [1.807, 2.05) is 19.2 Å². The number of anilines is 1. The van der Waals surface area contributed by atoms with E-state index in [-0.39, 0.29) is 12.0 Å². The second kappa shape index (κ2) is 7.67. The Bertz CT molecular complexity index is 705. The van der Waals surface area contributed by atoms with Crippen molar-refractivity contribution in [3.8, 4) is 5.88 Å². The molecule has 2 aromatic rings. The third-order valence-corrected chi connectivity index (χ3v) is 4.64. The Kier molecular flexibility index (Phi) is 5.37. The molecule has 1 saturated heterocycles. The molecule has 1 amide bonds. The van der Waals surface area contributed by atoms with Crippen LogP contribution in [-0.2, 0) is 11.3 Å². The zero-order valence-electron chi connectivity index (χ0n) is 13.9. The van der Waals surface area contributed by atoms with Crippen molar-refractivity contribution in [3.63, 3.8) is 0 Å². The average molecular weight is 347 g/mol. The van der Waals surface area contributed by atoms with Crippen molar-refractivity contribution in [1.29, 1.82) is 0 Å². The van der Waals surface area contributed by atoms with E-state index in [9.17, 15) is 4.79 Å². The third kappa shape index (κ3) is 4.72. The van der Waals surface area contributed by atoms with Crippen molar-refractivity contribution >= 4 is 22.4 Å². The van der Waals surface area contributed by atoms with Gasteiger partial charge in [-0.1, -0.05) is 0 Å². The van der Waals surface area contributed by atoms with Crippen molar-refractivity contribution < 1.29 is 9.53 Å². The molecular formula is C16H21N5O2S. The Morgan fingerprint density at radius 2 is 2.33 bits per heavy atom. The summed E-state index contributed by atoms with van der Waals surface area (Å²) < 4.78 is 6.00. The fraction of sp³-hybridized carbons (Fsp3) is 0.500. The van der Waals surface area contributed by atoms with E-state index in [1.54, 1.807) is 0 Å². The summed E-state index contributed by atoms with van der Waals surface area (Å²) >= 11 is 1.52. The molecular weight excluding hydrogens is 326 g/mol. The minimum atomic E-state index is -0.0949. The van der Waals surface area contributed by atoms with Gasteiger partial charge in [-0.2, -0.15) is 0 Å². The smallest absolute Gasteiger partial charge is 0.223 e. The number of nitrogens with zero attached hydrogens (tertiary/aromatic N) is 4. The SMILES string of the molecule is CC(=O)Nc1ncc(CN2CCC[C@H](Oc3cc(C)ncn3)C2)s1. The summed E-state index contributed by atoms with van der Waals surface area (Å²) in [5.74, 6) is 0.544. The van der Waals surface area contributed by atoms with Crippen LogP contribution in [0.4, 0.5) is 5.13 Å². The molecule has 8 heteroatoms. The van der Waals surface area contributed by atoms with E-state index in [1.165, 1.54) is 24.6 Å². The van der Waals surface area contributed by atoms with Crippen LogP contribution in [0.3, 0.4) is 0 Å². The van der Waals surface area contributed by atoms with Crippen LogP contribution in [0.25, 0.3) is 0 Å². The van der Waals surface area contributed by atoms with E-state index in [4.69, 9.17) is 4.74 Å². The number of amides is 1. The summed E-state index contributed by atoms with van der Waals surface area (Å²) in [6.07, 6.45) is 5.61. The Labute approximate surface area is 145 Å². The van der Waals surface area contributed by atoms with Crippen LogP contribution >= 0.6 is 11.3 Å². The standard InChI is InChI=1S/C16H21N5O2S/c1-11-6-15(19-10-18-11)23-13-4-3-5-21(8-13)9-14-7-17-16(24-14)20-12(2)22/h6-7,10,13H,3-5,8-9H2,1-2H3,(H,17,20,22)/t13-/m0/s1. The van der Waals surface area contributed by atoms with Crippen LogP contribution in [0.5, 0.6) is 5.88 Å². The van der Waals surface area contributed by atoms with Gasteiger partial charge in [0, 0.05) is 42.8 Å². The molecule has 24 heavy (non-hydrogen) atoms. The van der Waals surface area contributed by atoms with Gasteiger partial charge < -0.3 is 10.1 Å². The first-order chi connectivity index (χ1) is 11.6. The molecule has 0 unspecified atom stereocenters. The number of aromatic nitrogens is 3. The molecule has 0 aromatic carbocycles. The first-order valence-corrected chi connectivity index (χ1v) is 8.80. The summed E-state index contributed by atoms with van der Waals surface area (Å²) in [7, 11) is 0. The van der Waals surface area contributed by atoms with E-state index >= 15 is 0 Å². The van der Waals surface area contributed by atoms with Crippen LogP contribution in [0.2, 0.25) is 0 Å². The average Bonchev–Trinajstić information content (AvgIpc) is 2.94. The molecule has 7 nitrogen and oxygen atoms in total. The van der Waals surface area contributed by atoms with Crippen molar-refractivity contribution in [1.82, 2.24) is 19.9 Å². The van der Waals surface area contributed by atoms with E-state index < -0.39 is 0 Å². The molecule has 0 radical (unpaired) electrons. The molecule has 0 aliphatic carbocycles. The Morgan fingerprint density at radius 1 is 1.46 bits per heavy atom. The fourth-order valence-corrected chi connectivity index (χ4v) is 3.63. The molecule has 0 bridgehead atoms. The molecule has 0 saturated carbocycles. The van der Waals surface area contributed by atoms with Crippen molar-refractivity contribution in [2.24, 2.45) is 0 Å². The maximum atomic E-state index is 11.1. The highest BCUT2D eigenvalue weighted by molar-refractivity contribution is 7.15. The van der Waals surface area contributed by atoms with Crippen LogP contribution in [0, 0.1) is 6.92 Å². The zero-order valence-corrected chi connectivity index (χ0v) is 14.7. The number of hydrogen-bond donors (Lipinski definition) is 1. The summed E-state index contributed by atoms with van der Waals surface area (Å²) in [6.45, 7) is 6.13. The van der Waals surface area contributed by atoms with Gasteiger partial charge in [0.1, 0.15) is 12.4 Å². The largest absolute Gasteiger partial charge is 0.473 e. The van der Waals surface area contributed by atoms with Gasteiger partial charge in [-0.25, -0.2) is 15.0 Å². The van der Waals surface area contributed by atoms with Crippen LogP contribution in [-0.4, -0.2) is 45.0 Å². The molecule has 1 N–H and O–H groups in total. The summed E-state index contributed by atoms with van der Waals surface area (Å²) in [5.41, 5.74) is 0.905. The Morgan fingerprint density at radius 3 is 3.12 bits per heavy atom. The molecule has 3 heterocycles. The van der Waals surface area contributed by atoms with E-state index in [0.717, 1.165) is 43.0 Å². The van der Waals surface area contributed by atoms with Gasteiger partial charge in [-0.15, -0.1) is 11.3 Å². The van der Waals surface area contributed by atoms with Crippen LogP contribution in [0.15, 0.2) is 18.6 Å². The highest BCUT2D eigenvalue weighted by atomic mass is 32.1. The number of ether oxygens (including phenoxy) is 1. The minimum absolute atomic E-state index is 0.0949. The minimum Gasteiger partial charge on any atom is -0.473 e. The predicted molar refractivity (Wildman–Crippen MR) is 92.1 cm³/mol. The molecule has 2 aromatic heterocycles. The first kappa shape index (κ1) is 16.8. The number of carbonyl (C=O) groups is 1. The molecule has 1 atom stereocenters. The number of rotatable bonds is 5. The van der Waals surface area contributed by atoms with Gasteiger partial charge >= 0.3 is 0 Å². The summed E-state index contributed by atoms with van der Waals surface area (Å²) in [5, 5.41) is 3.37. The summed E-state index contributed by atoms with van der Waals surface area (Å²) in [6, 6.07) is 1.86. The number of likely N-dealkylation sites (tertiary alicyclic amines) is 1. The van der Waals surface area contributed by atoms with Crippen molar-refractivity contribution in [2.45, 2.75) is 39.3 Å². The lowest BCUT2D eigenvalue weighted by Crippen LogP contribution is -2.40. The monoisotopic (exact) mass is 347 g/mol. The lowest BCUT2D eigenvalue weighted by Gasteiger charge is -2.32. The first-order valence-electron chi connectivity index (χ1n) is 7.98. The molecule has 1 fully saturated rings. The van der Waals surface area contributed by atoms with E-state index in [0.29, 0.717) is 11.0 Å². The maximum Gasteiger partial charge on any atom is 0.223 e. The van der Waals surface area contributed by atoms with Crippen molar-refractivity contribution in [3.05, 3.63) is 29.2 Å². The quantitative estimate of drug-likeness (QED) is 0.893. The lowest BCUT2D eigenvalue weighted by molar-refractivity contribution is -0.114. The summed E-state index contributed by atoms with van der Waals surface area (Å²) in [4.78, 5) is 27.1. The fourth-order valence-electron chi connectivity index (χ4n) is 2.73. The third-order valence-electron chi connectivity index (χ3n) is 3.74. The second-order valence-corrected chi connectivity index (χ2v) is 7.04. The van der Waals surface area contributed by atoms with Crippen LogP contribution in [0.1, 0.15) is 30.3 Å².